The molecular formula is C14H14F2N4. The maximum absolute atomic E-state index is 13.7. The van der Waals surface area contributed by atoms with E-state index in [4.69, 9.17) is 11.1 Å². The molecule has 104 valence electrons. The van der Waals surface area contributed by atoms with E-state index in [0.29, 0.717) is 17.1 Å². The molecule has 0 aliphatic rings. The van der Waals surface area contributed by atoms with E-state index in [0.717, 1.165) is 6.07 Å². The van der Waals surface area contributed by atoms with Gasteiger partial charge in [-0.15, -0.1) is 0 Å². The molecule has 2 aromatic rings. The fourth-order valence-corrected chi connectivity index (χ4v) is 1.84. The summed E-state index contributed by atoms with van der Waals surface area (Å²) in [6.07, 6.45) is 0. The number of aromatic nitrogens is 1. The van der Waals surface area contributed by atoms with Gasteiger partial charge in [0.25, 0.3) is 0 Å². The molecule has 0 fully saturated rings. The maximum atomic E-state index is 13.7. The van der Waals surface area contributed by atoms with Gasteiger partial charge in [0.05, 0.1) is 5.69 Å². The highest BCUT2D eigenvalue weighted by Gasteiger charge is 2.13. The van der Waals surface area contributed by atoms with Crippen molar-refractivity contribution in [1.82, 2.24) is 4.98 Å². The lowest BCUT2D eigenvalue weighted by Gasteiger charge is -2.20. The van der Waals surface area contributed by atoms with E-state index < -0.39 is 11.6 Å². The van der Waals surface area contributed by atoms with Crippen molar-refractivity contribution in [2.45, 2.75) is 6.92 Å². The van der Waals surface area contributed by atoms with Crippen LogP contribution >= 0.6 is 0 Å². The number of hydrogen-bond donors (Lipinski definition) is 2. The van der Waals surface area contributed by atoms with Crippen LogP contribution in [-0.2, 0) is 0 Å². The summed E-state index contributed by atoms with van der Waals surface area (Å²) < 4.78 is 26.6. The predicted octanol–water partition coefficient (Wildman–Crippen LogP) is 3.10. The smallest absolute Gasteiger partial charge is 0.149 e. The van der Waals surface area contributed by atoms with Gasteiger partial charge < -0.3 is 16.0 Å². The summed E-state index contributed by atoms with van der Waals surface area (Å²) in [7, 11) is 1.61. The number of hydrogen-bond acceptors (Lipinski definition) is 4. The molecular weight excluding hydrogens is 262 g/mol. The molecule has 0 saturated carbocycles. The fraction of sp³-hybridized carbons (Fsp3) is 0.143. The third kappa shape index (κ3) is 2.59. The Balaban J connectivity index is 2.40. The molecule has 1 aromatic heterocycles. The first-order valence-corrected chi connectivity index (χ1v) is 5.91. The average Bonchev–Trinajstić information content (AvgIpc) is 2.37. The molecule has 0 bridgehead atoms. The minimum absolute atomic E-state index is 0.192. The average molecular weight is 276 g/mol. The molecule has 0 atom stereocenters. The number of nitrogens with one attached hydrogen (secondary N) is 1. The minimum atomic E-state index is -0.680. The maximum Gasteiger partial charge on any atom is 0.149 e. The van der Waals surface area contributed by atoms with Crippen LogP contribution in [0.25, 0.3) is 0 Å². The van der Waals surface area contributed by atoms with Crippen LogP contribution in [0.5, 0.6) is 0 Å². The Morgan fingerprint density at radius 1 is 1.25 bits per heavy atom. The number of nitrogen functional groups attached to an aromatic ring is 1. The number of benzene rings is 1. The Kier molecular flexibility index (Phi) is 3.65. The van der Waals surface area contributed by atoms with Crippen LogP contribution in [-0.4, -0.2) is 17.7 Å². The molecule has 1 aromatic carbocycles. The Morgan fingerprint density at radius 2 is 1.95 bits per heavy atom. The summed E-state index contributed by atoms with van der Waals surface area (Å²) in [6.45, 7) is 1.61. The second kappa shape index (κ2) is 5.24. The zero-order chi connectivity index (χ0) is 14.9. The Labute approximate surface area is 115 Å². The molecule has 0 amide bonds. The van der Waals surface area contributed by atoms with Crippen LogP contribution in [0.15, 0.2) is 30.3 Å². The van der Waals surface area contributed by atoms with Crippen molar-refractivity contribution in [3.05, 3.63) is 47.5 Å². The predicted molar refractivity (Wildman–Crippen MR) is 75.6 cm³/mol. The van der Waals surface area contributed by atoms with E-state index in [9.17, 15) is 8.78 Å². The molecule has 1 heterocycles. The van der Waals surface area contributed by atoms with Crippen molar-refractivity contribution >= 4 is 23.0 Å². The first-order chi connectivity index (χ1) is 9.40. The van der Waals surface area contributed by atoms with Gasteiger partial charge in [-0.25, -0.2) is 13.8 Å². The summed E-state index contributed by atoms with van der Waals surface area (Å²) in [5, 5.41) is 7.54. The van der Waals surface area contributed by atoms with Crippen LogP contribution in [0.1, 0.15) is 12.5 Å². The van der Waals surface area contributed by atoms with Crippen molar-refractivity contribution in [1.29, 1.82) is 5.41 Å². The third-order valence-corrected chi connectivity index (χ3v) is 2.93. The zero-order valence-electron chi connectivity index (χ0n) is 11.1. The number of halogens is 2. The van der Waals surface area contributed by atoms with Crippen LogP contribution in [0.2, 0.25) is 0 Å². The molecule has 0 saturated heterocycles. The Bertz CT molecular complexity index is 670. The van der Waals surface area contributed by atoms with Gasteiger partial charge in [0, 0.05) is 24.4 Å². The largest absolute Gasteiger partial charge is 0.383 e. The van der Waals surface area contributed by atoms with Gasteiger partial charge in [0.1, 0.15) is 23.3 Å². The molecule has 0 unspecified atom stereocenters. The lowest BCUT2D eigenvalue weighted by molar-refractivity contribution is 0.583. The Morgan fingerprint density at radius 3 is 2.50 bits per heavy atom. The molecule has 0 radical (unpaired) electrons. The van der Waals surface area contributed by atoms with Crippen molar-refractivity contribution in [3.8, 4) is 0 Å². The second-order valence-electron chi connectivity index (χ2n) is 4.38. The first kappa shape index (κ1) is 13.9. The molecule has 2 rings (SSSR count). The van der Waals surface area contributed by atoms with E-state index in [1.807, 2.05) is 0 Å². The number of anilines is 3. The zero-order valence-corrected chi connectivity index (χ0v) is 11.1. The summed E-state index contributed by atoms with van der Waals surface area (Å²) in [4.78, 5) is 5.60. The molecule has 0 spiro atoms. The molecule has 20 heavy (non-hydrogen) atoms. The molecule has 6 heteroatoms. The Hall–Kier alpha value is -2.50. The van der Waals surface area contributed by atoms with Gasteiger partial charge in [-0.3, -0.25) is 0 Å². The molecule has 0 aliphatic heterocycles. The van der Waals surface area contributed by atoms with Crippen LogP contribution < -0.4 is 10.6 Å². The minimum Gasteiger partial charge on any atom is -0.383 e. The molecule has 4 nitrogen and oxygen atoms in total. The van der Waals surface area contributed by atoms with E-state index in [1.54, 1.807) is 26.1 Å². The quantitative estimate of drug-likeness (QED) is 0.846. The molecule has 3 N–H and O–H groups in total. The highest BCUT2D eigenvalue weighted by Crippen LogP contribution is 2.26. The third-order valence-electron chi connectivity index (χ3n) is 2.93. The highest BCUT2D eigenvalue weighted by molar-refractivity contribution is 6.00. The van der Waals surface area contributed by atoms with Crippen LogP contribution in [0.3, 0.4) is 0 Å². The SMILES string of the molecule is CC(=N)c1ccc(N(C)c2ccc(F)cc2F)nc1N. The lowest BCUT2D eigenvalue weighted by Crippen LogP contribution is -2.14. The highest BCUT2D eigenvalue weighted by atomic mass is 19.1. The second-order valence-corrected chi connectivity index (χ2v) is 4.38. The van der Waals surface area contributed by atoms with Gasteiger partial charge in [-0.1, -0.05) is 0 Å². The van der Waals surface area contributed by atoms with Crippen LogP contribution in [0.4, 0.5) is 26.1 Å². The topological polar surface area (TPSA) is 66.0 Å². The van der Waals surface area contributed by atoms with Crippen molar-refractivity contribution in [2.24, 2.45) is 0 Å². The summed E-state index contributed by atoms with van der Waals surface area (Å²) >= 11 is 0. The summed E-state index contributed by atoms with van der Waals surface area (Å²) in [5.41, 5.74) is 6.79. The van der Waals surface area contributed by atoms with E-state index >= 15 is 0 Å². The fourth-order valence-electron chi connectivity index (χ4n) is 1.84. The number of nitrogens with two attached hydrogens (primary N) is 1. The van der Waals surface area contributed by atoms with Crippen molar-refractivity contribution in [2.75, 3.05) is 17.7 Å². The monoisotopic (exact) mass is 276 g/mol. The first-order valence-electron chi connectivity index (χ1n) is 5.91. The number of pyridine rings is 1. The van der Waals surface area contributed by atoms with Crippen molar-refractivity contribution < 1.29 is 8.78 Å². The van der Waals surface area contributed by atoms with Crippen molar-refractivity contribution in [3.63, 3.8) is 0 Å². The van der Waals surface area contributed by atoms with Crippen LogP contribution in [0, 0.1) is 17.0 Å². The van der Waals surface area contributed by atoms with E-state index in [2.05, 4.69) is 4.98 Å². The normalized spacial score (nSPS) is 10.4. The van der Waals surface area contributed by atoms with E-state index in [-0.39, 0.29) is 11.5 Å². The van der Waals surface area contributed by atoms with Gasteiger partial charge in [0.15, 0.2) is 0 Å². The van der Waals surface area contributed by atoms with Gasteiger partial charge in [-0.05, 0) is 31.2 Å². The molecule has 0 aliphatic carbocycles. The summed E-state index contributed by atoms with van der Waals surface area (Å²) in [6, 6.07) is 6.60. The van der Waals surface area contributed by atoms with E-state index in [1.165, 1.54) is 17.0 Å². The van der Waals surface area contributed by atoms with Gasteiger partial charge in [0.2, 0.25) is 0 Å². The standard InChI is InChI=1S/C14H14F2N4/c1-8(17)10-4-6-13(19-14(10)18)20(2)12-5-3-9(15)7-11(12)16/h3-7,17H,1-2H3,(H2,18,19). The lowest BCUT2D eigenvalue weighted by atomic mass is 10.1. The van der Waals surface area contributed by atoms with Gasteiger partial charge in [-0.2, -0.15) is 0 Å². The number of rotatable bonds is 3. The summed E-state index contributed by atoms with van der Waals surface area (Å²) in [5.74, 6) is -0.704. The van der Waals surface area contributed by atoms with Gasteiger partial charge >= 0.3 is 0 Å². The number of nitrogens with zero attached hydrogens (tertiary/aromatic N) is 2.